The van der Waals surface area contributed by atoms with Gasteiger partial charge in [0.1, 0.15) is 5.82 Å². The van der Waals surface area contributed by atoms with E-state index in [1.807, 2.05) is 36.7 Å². The standard InChI is InChI=1S/C18H17BrN4OS/c19-15-4-2-1-3-14(15)16-12-21-18(25-16)22-17-11-13(5-6-20-17)23-7-9-24-10-8-23/h1-6,11-12H,7-10H2,(H,20,21,22). The van der Waals surface area contributed by atoms with Crippen LogP contribution >= 0.6 is 27.3 Å². The molecule has 0 bridgehead atoms. The molecule has 5 nitrogen and oxygen atoms in total. The summed E-state index contributed by atoms with van der Waals surface area (Å²) in [5, 5.41) is 4.15. The Morgan fingerprint density at radius 3 is 2.80 bits per heavy atom. The van der Waals surface area contributed by atoms with Crippen molar-refractivity contribution in [2.75, 3.05) is 36.5 Å². The predicted molar refractivity (Wildman–Crippen MR) is 106 cm³/mol. The maximum Gasteiger partial charge on any atom is 0.188 e. The van der Waals surface area contributed by atoms with Gasteiger partial charge >= 0.3 is 0 Å². The van der Waals surface area contributed by atoms with Gasteiger partial charge in [0.2, 0.25) is 0 Å². The summed E-state index contributed by atoms with van der Waals surface area (Å²) in [6.45, 7) is 3.36. The van der Waals surface area contributed by atoms with E-state index in [1.54, 1.807) is 11.3 Å². The molecule has 2 aromatic heterocycles. The van der Waals surface area contributed by atoms with Crippen LogP contribution in [0.25, 0.3) is 10.4 Å². The number of nitrogens with one attached hydrogen (secondary N) is 1. The van der Waals surface area contributed by atoms with Gasteiger partial charge in [-0.05, 0) is 12.1 Å². The van der Waals surface area contributed by atoms with Gasteiger partial charge in [0.15, 0.2) is 5.13 Å². The van der Waals surface area contributed by atoms with Crippen molar-refractivity contribution in [3.05, 3.63) is 53.3 Å². The molecule has 4 rings (SSSR count). The van der Waals surface area contributed by atoms with E-state index in [1.165, 1.54) is 0 Å². The highest BCUT2D eigenvalue weighted by atomic mass is 79.9. The van der Waals surface area contributed by atoms with E-state index in [0.717, 1.165) is 57.9 Å². The van der Waals surface area contributed by atoms with Gasteiger partial charge in [-0.25, -0.2) is 9.97 Å². The molecule has 3 heterocycles. The summed E-state index contributed by atoms with van der Waals surface area (Å²) in [4.78, 5) is 12.3. The summed E-state index contributed by atoms with van der Waals surface area (Å²) in [6, 6.07) is 12.2. The van der Waals surface area contributed by atoms with Crippen LogP contribution < -0.4 is 10.2 Å². The number of nitrogens with zero attached hydrogens (tertiary/aromatic N) is 3. The highest BCUT2D eigenvalue weighted by Gasteiger charge is 2.13. The molecule has 1 saturated heterocycles. The Morgan fingerprint density at radius 2 is 1.96 bits per heavy atom. The highest BCUT2D eigenvalue weighted by Crippen LogP contribution is 2.34. The lowest BCUT2D eigenvalue weighted by atomic mass is 10.2. The number of benzene rings is 1. The summed E-state index contributed by atoms with van der Waals surface area (Å²) < 4.78 is 6.48. The Bertz CT molecular complexity index is 864. The molecule has 25 heavy (non-hydrogen) atoms. The number of hydrogen-bond acceptors (Lipinski definition) is 6. The van der Waals surface area contributed by atoms with Crippen molar-refractivity contribution in [3.63, 3.8) is 0 Å². The molecular weight excluding hydrogens is 400 g/mol. The number of pyridine rings is 1. The lowest BCUT2D eigenvalue weighted by Crippen LogP contribution is -2.36. The zero-order chi connectivity index (χ0) is 17.1. The molecule has 1 N–H and O–H groups in total. The average Bonchev–Trinajstić information content (AvgIpc) is 3.11. The van der Waals surface area contributed by atoms with Gasteiger partial charge in [-0.1, -0.05) is 45.5 Å². The number of rotatable bonds is 4. The van der Waals surface area contributed by atoms with Crippen LogP contribution in [0.3, 0.4) is 0 Å². The fraction of sp³-hybridized carbons (Fsp3) is 0.222. The normalized spacial score (nSPS) is 14.5. The number of anilines is 3. The lowest BCUT2D eigenvalue weighted by molar-refractivity contribution is 0.122. The Hall–Kier alpha value is -1.96. The summed E-state index contributed by atoms with van der Waals surface area (Å²) in [5.41, 5.74) is 2.30. The van der Waals surface area contributed by atoms with E-state index < -0.39 is 0 Å². The smallest absolute Gasteiger partial charge is 0.188 e. The van der Waals surface area contributed by atoms with E-state index in [-0.39, 0.29) is 0 Å². The molecule has 0 radical (unpaired) electrons. The second-order valence-corrected chi connectivity index (χ2v) is 7.52. The van der Waals surface area contributed by atoms with Crippen molar-refractivity contribution < 1.29 is 4.74 Å². The van der Waals surface area contributed by atoms with Crippen LogP contribution in [-0.4, -0.2) is 36.3 Å². The fourth-order valence-electron chi connectivity index (χ4n) is 2.73. The average molecular weight is 417 g/mol. The minimum absolute atomic E-state index is 0.771. The predicted octanol–water partition coefficient (Wildman–Crippen LogP) is 4.55. The largest absolute Gasteiger partial charge is 0.378 e. The number of thiazole rings is 1. The van der Waals surface area contributed by atoms with Crippen LogP contribution in [0.15, 0.2) is 53.3 Å². The quantitative estimate of drug-likeness (QED) is 0.675. The molecule has 7 heteroatoms. The second-order valence-electron chi connectivity index (χ2n) is 5.63. The van der Waals surface area contributed by atoms with E-state index >= 15 is 0 Å². The Balaban J connectivity index is 1.52. The molecule has 0 saturated carbocycles. The lowest BCUT2D eigenvalue weighted by Gasteiger charge is -2.28. The van der Waals surface area contributed by atoms with Gasteiger partial charge in [-0.3, -0.25) is 0 Å². The molecule has 1 aliphatic rings. The van der Waals surface area contributed by atoms with Crippen molar-refractivity contribution in [2.24, 2.45) is 0 Å². The topological polar surface area (TPSA) is 50.3 Å². The number of hydrogen-bond donors (Lipinski definition) is 1. The highest BCUT2D eigenvalue weighted by molar-refractivity contribution is 9.10. The van der Waals surface area contributed by atoms with Crippen LogP contribution in [0, 0.1) is 0 Å². The van der Waals surface area contributed by atoms with Gasteiger partial charge in [0.25, 0.3) is 0 Å². The fourth-order valence-corrected chi connectivity index (χ4v) is 4.23. The Kier molecular flexibility index (Phi) is 4.96. The number of ether oxygens (including phenoxy) is 1. The number of halogens is 1. The van der Waals surface area contributed by atoms with Crippen molar-refractivity contribution in [2.45, 2.75) is 0 Å². The van der Waals surface area contributed by atoms with E-state index in [0.29, 0.717) is 0 Å². The SMILES string of the molecule is Brc1ccccc1-c1cnc(Nc2cc(N3CCOCC3)ccn2)s1. The molecular formula is C18H17BrN4OS. The molecule has 0 amide bonds. The monoisotopic (exact) mass is 416 g/mol. The maximum atomic E-state index is 5.42. The molecule has 0 unspecified atom stereocenters. The molecule has 3 aromatic rings. The molecule has 0 spiro atoms. The van der Waals surface area contributed by atoms with Gasteiger partial charge in [0.05, 0.1) is 18.1 Å². The second kappa shape index (κ2) is 7.51. The number of aromatic nitrogens is 2. The van der Waals surface area contributed by atoms with E-state index in [4.69, 9.17) is 4.74 Å². The summed E-state index contributed by atoms with van der Waals surface area (Å²) in [7, 11) is 0. The van der Waals surface area contributed by atoms with Crippen LogP contribution in [0.5, 0.6) is 0 Å². The first kappa shape index (κ1) is 16.5. The zero-order valence-electron chi connectivity index (χ0n) is 13.5. The number of morpholine rings is 1. The zero-order valence-corrected chi connectivity index (χ0v) is 15.9. The summed E-state index contributed by atoms with van der Waals surface area (Å²) in [5.74, 6) is 0.803. The van der Waals surface area contributed by atoms with Gasteiger partial charge in [-0.2, -0.15) is 0 Å². The first-order valence-electron chi connectivity index (χ1n) is 8.06. The molecule has 1 aliphatic heterocycles. The Labute approximate surface area is 158 Å². The van der Waals surface area contributed by atoms with E-state index in [9.17, 15) is 0 Å². The molecule has 128 valence electrons. The van der Waals surface area contributed by atoms with Gasteiger partial charge < -0.3 is 15.0 Å². The van der Waals surface area contributed by atoms with Crippen molar-refractivity contribution >= 4 is 43.9 Å². The molecule has 1 aromatic carbocycles. The van der Waals surface area contributed by atoms with Crippen LogP contribution in [0.2, 0.25) is 0 Å². The third kappa shape index (κ3) is 3.84. The van der Waals surface area contributed by atoms with Crippen LogP contribution in [0.4, 0.5) is 16.6 Å². The minimum Gasteiger partial charge on any atom is -0.378 e. The third-order valence-electron chi connectivity index (χ3n) is 4.00. The minimum atomic E-state index is 0.771. The molecule has 1 fully saturated rings. The van der Waals surface area contributed by atoms with E-state index in [2.05, 4.69) is 48.2 Å². The van der Waals surface area contributed by atoms with Gasteiger partial charge in [0, 0.05) is 47.3 Å². The van der Waals surface area contributed by atoms with Crippen LogP contribution in [-0.2, 0) is 4.74 Å². The third-order valence-corrected chi connectivity index (χ3v) is 5.64. The maximum absolute atomic E-state index is 5.42. The first-order chi connectivity index (χ1) is 12.3. The summed E-state index contributed by atoms with van der Waals surface area (Å²) in [6.07, 6.45) is 3.72. The van der Waals surface area contributed by atoms with Crippen molar-refractivity contribution in [1.29, 1.82) is 0 Å². The van der Waals surface area contributed by atoms with Crippen molar-refractivity contribution in [1.82, 2.24) is 9.97 Å². The van der Waals surface area contributed by atoms with Crippen LogP contribution in [0.1, 0.15) is 0 Å². The molecule has 0 atom stereocenters. The van der Waals surface area contributed by atoms with Gasteiger partial charge in [-0.15, -0.1) is 0 Å². The molecule has 0 aliphatic carbocycles. The summed E-state index contributed by atoms with van der Waals surface area (Å²) >= 11 is 5.20. The Morgan fingerprint density at radius 1 is 1.12 bits per heavy atom. The first-order valence-corrected chi connectivity index (χ1v) is 9.67. The van der Waals surface area contributed by atoms with Crippen molar-refractivity contribution in [3.8, 4) is 10.4 Å².